The Labute approximate surface area is 184 Å². The molecule has 0 spiro atoms. The van der Waals surface area contributed by atoms with Crippen molar-refractivity contribution in [3.8, 4) is 0 Å². The summed E-state index contributed by atoms with van der Waals surface area (Å²) in [5.74, 6) is 0.452. The minimum atomic E-state index is -0.310. The van der Waals surface area contributed by atoms with E-state index in [0.717, 1.165) is 30.3 Å². The number of carbonyl (C=O) groups is 1. The normalized spacial score (nSPS) is 16.1. The Kier molecular flexibility index (Phi) is 7.69. The van der Waals surface area contributed by atoms with E-state index in [-0.39, 0.29) is 5.97 Å². The highest BCUT2D eigenvalue weighted by molar-refractivity contribution is 7.80. The van der Waals surface area contributed by atoms with E-state index >= 15 is 0 Å². The van der Waals surface area contributed by atoms with E-state index in [1.165, 1.54) is 24.1 Å². The summed E-state index contributed by atoms with van der Waals surface area (Å²) in [4.78, 5) is 14.3. The maximum Gasteiger partial charge on any atom is 0.338 e. The van der Waals surface area contributed by atoms with Crippen molar-refractivity contribution in [3.63, 3.8) is 0 Å². The Hall–Kier alpha value is -2.60. The number of ether oxygens (including phenoxy) is 1. The van der Waals surface area contributed by atoms with Crippen molar-refractivity contribution < 1.29 is 9.53 Å². The number of rotatable bonds is 6. The van der Waals surface area contributed by atoms with Crippen molar-refractivity contribution in [2.45, 2.75) is 40.2 Å². The number of nitrogens with zero attached hydrogens (tertiary/aromatic N) is 1. The van der Waals surface area contributed by atoms with Crippen molar-refractivity contribution in [2.75, 3.05) is 29.9 Å². The Morgan fingerprint density at radius 2 is 2.00 bits per heavy atom. The van der Waals surface area contributed by atoms with Gasteiger partial charge >= 0.3 is 5.97 Å². The summed E-state index contributed by atoms with van der Waals surface area (Å²) >= 11 is 5.44. The molecule has 2 aromatic carbocycles. The minimum absolute atomic E-state index is 0.310. The molecule has 2 N–H and O–H groups in total. The maximum absolute atomic E-state index is 11.8. The molecule has 0 aliphatic carbocycles. The van der Waals surface area contributed by atoms with Gasteiger partial charge in [-0.25, -0.2) is 4.79 Å². The fourth-order valence-electron chi connectivity index (χ4n) is 3.74. The Balaban J connectivity index is 1.51. The molecule has 0 unspecified atom stereocenters. The standard InChI is InChI=1S/C24H31N3O2S/c1-4-29-23(28)20-9-12-22(18(3)14-20)26-24(30)25-15-19-7-10-21(11-8-19)27-13-5-6-17(2)16-27/h7-12,14,17H,4-6,13,15-16H2,1-3H3,(H2,25,26,30)/t17-/m0/s1. The lowest BCUT2D eigenvalue weighted by atomic mass is 9.99. The smallest absolute Gasteiger partial charge is 0.338 e. The van der Waals surface area contributed by atoms with Crippen LogP contribution < -0.4 is 15.5 Å². The van der Waals surface area contributed by atoms with Gasteiger partial charge in [0.1, 0.15) is 0 Å². The van der Waals surface area contributed by atoms with Gasteiger partial charge in [-0.05, 0) is 86.3 Å². The lowest BCUT2D eigenvalue weighted by Crippen LogP contribution is -2.34. The molecule has 6 heteroatoms. The Bertz CT molecular complexity index is 883. The number of anilines is 2. The van der Waals surface area contributed by atoms with Crippen LogP contribution in [0.1, 0.15) is 48.2 Å². The van der Waals surface area contributed by atoms with E-state index in [2.05, 4.69) is 46.7 Å². The zero-order valence-electron chi connectivity index (χ0n) is 18.0. The largest absolute Gasteiger partial charge is 0.462 e. The summed E-state index contributed by atoms with van der Waals surface area (Å²) in [6.45, 7) is 9.36. The third-order valence-electron chi connectivity index (χ3n) is 5.40. The zero-order valence-corrected chi connectivity index (χ0v) is 18.8. The van der Waals surface area contributed by atoms with Crippen LogP contribution in [0, 0.1) is 12.8 Å². The molecule has 1 aliphatic heterocycles. The molecule has 0 amide bonds. The monoisotopic (exact) mass is 425 g/mol. The molecule has 3 rings (SSSR count). The second-order valence-electron chi connectivity index (χ2n) is 7.92. The van der Waals surface area contributed by atoms with Crippen LogP contribution in [0.15, 0.2) is 42.5 Å². The minimum Gasteiger partial charge on any atom is -0.462 e. The van der Waals surface area contributed by atoms with Crippen LogP contribution >= 0.6 is 12.2 Å². The van der Waals surface area contributed by atoms with Gasteiger partial charge in [0.25, 0.3) is 0 Å². The SMILES string of the molecule is CCOC(=O)c1ccc(NC(=S)NCc2ccc(N3CCC[C@H](C)C3)cc2)c(C)c1. The van der Waals surface area contributed by atoms with Gasteiger partial charge in [0.15, 0.2) is 5.11 Å². The highest BCUT2D eigenvalue weighted by Gasteiger charge is 2.16. The first kappa shape index (κ1) is 22.1. The van der Waals surface area contributed by atoms with Gasteiger partial charge in [-0.3, -0.25) is 0 Å². The van der Waals surface area contributed by atoms with Crippen LogP contribution in [0.4, 0.5) is 11.4 Å². The fourth-order valence-corrected chi connectivity index (χ4v) is 3.92. The van der Waals surface area contributed by atoms with E-state index in [4.69, 9.17) is 17.0 Å². The molecule has 1 saturated heterocycles. The first-order chi connectivity index (χ1) is 14.5. The fraction of sp³-hybridized carbons (Fsp3) is 0.417. The van der Waals surface area contributed by atoms with Crippen molar-refractivity contribution in [2.24, 2.45) is 5.92 Å². The predicted octanol–water partition coefficient (Wildman–Crippen LogP) is 4.89. The van der Waals surface area contributed by atoms with E-state index in [9.17, 15) is 4.79 Å². The lowest BCUT2D eigenvalue weighted by Gasteiger charge is -2.32. The number of carbonyl (C=O) groups excluding carboxylic acids is 1. The number of aryl methyl sites for hydroxylation is 1. The average Bonchev–Trinajstić information content (AvgIpc) is 2.74. The number of hydrogen-bond donors (Lipinski definition) is 2. The number of nitrogens with one attached hydrogen (secondary N) is 2. The number of hydrogen-bond acceptors (Lipinski definition) is 4. The van der Waals surface area contributed by atoms with Crippen molar-refractivity contribution in [1.29, 1.82) is 0 Å². The molecule has 1 aliphatic rings. The molecule has 5 nitrogen and oxygen atoms in total. The van der Waals surface area contributed by atoms with Crippen molar-refractivity contribution in [1.82, 2.24) is 5.32 Å². The molecule has 30 heavy (non-hydrogen) atoms. The molecule has 160 valence electrons. The number of thiocarbonyl (C=S) groups is 1. The number of esters is 1. The predicted molar refractivity (Wildman–Crippen MR) is 127 cm³/mol. The first-order valence-electron chi connectivity index (χ1n) is 10.6. The van der Waals surface area contributed by atoms with Crippen LogP contribution in [0.25, 0.3) is 0 Å². The van der Waals surface area contributed by atoms with Crippen LogP contribution in [0.2, 0.25) is 0 Å². The van der Waals surface area contributed by atoms with E-state index in [1.54, 1.807) is 13.0 Å². The molecular formula is C24H31N3O2S. The summed E-state index contributed by atoms with van der Waals surface area (Å²) in [6.07, 6.45) is 2.60. The summed E-state index contributed by atoms with van der Waals surface area (Å²) in [5, 5.41) is 7.01. The van der Waals surface area contributed by atoms with Gasteiger partial charge in [0.05, 0.1) is 12.2 Å². The quantitative estimate of drug-likeness (QED) is 0.507. The van der Waals surface area contributed by atoms with Crippen molar-refractivity contribution in [3.05, 3.63) is 59.2 Å². The second-order valence-corrected chi connectivity index (χ2v) is 8.33. The zero-order chi connectivity index (χ0) is 21.5. The van der Waals surface area contributed by atoms with E-state index in [0.29, 0.717) is 23.8 Å². The van der Waals surface area contributed by atoms with Crippen LogP contribution in [-0.4, -0.2) is 30.8 Å². The van der Waals surface area contributed by atoms with Gasteiger partial charge in [-0.2, -0.15) is 0 Å². The highest BCUT2D eigenvalue weighted by atomic mass is 32.1. The summed E-state index contributed by atoms with van der Waals surface area (Å²) < 4.78 is 5.04. The Morgan fingerprint density at radius 3 is 2.67 bits per heavy atom. The molecule has 0 aromatic heterocycles. The van der Waals surface area contributed by atoms with Gasteiger partial charge in [0.2, 0.25) is 0 Å². The molecule has 1 fully saturated rings. The topological polar surface area (TPSA) is 53.6 Å². The summed E-state index contributed by atoms with van der Waals surface area (Å²) in [5.41, 5.74) is 4.83. The average molecular weight is 426 g/mol. The number of piperidine rings is 1. The maximum atomic E-state index is 11.8. The first-order valence-corrected chi connectivity index (χ1v) is 11.0. The molecule has 0 bridgehead atoms. The summed E-state index contributed by atoms with van der Waals surface area (Å²) in [7, 11) is 0. The van der Waals surface area contributed by atoms with Gasteiger partial charge in [-0.1, -0.05) is 19.1 Å². The third-order valence-corrected chi connectivity index (χ3v) is 5.64. The van der Waals surface area contributed by atoms with Crippen LogP contribution in [0.5, 0.6) is 0 Å². The second kappa shape index (κ2) is 10.4. The van der Waals surface area contributed by atoms with Gasteiger partial charge in [0, 0.05) is 31.0 Å². The van der Waals surface area contributed by atoms with E-state index < -0.39 is 0 Å². The third kappa shape index (κ3) is 5.95. The van der Waals surface area contributed by atoms with Gasteiger partial charge in [-0.15, -0.1) is 0 Å². The molecular weight excluding hydrogens is 394 g/mol. The van der Waals surface area contributed by atoms with Crippen LogP contribution in [-0.2, 0) is 11.3 Å². The molecule has 0 saturated carbocycles. The van der Waals surface area contributed by atoms with Gasteiger partial charge < -0.3 is 20.3 Å². The summed E-state index contributed by atoms with van der Waals surface area (Å²) in [6, 6.07) is 14.1. The highest BCUT2D eigenvalue weighted by Crippen LogP contribution is 2.23. The van der Waals surface area contributed by atoms with Crippen molar-refractivity contribution >= 4 is 34.7 Å². The van der Waals surface area contributed by atoms with Crippen LogP contribution in [0.3, 0.4) is 0 Å². The molecule has 2 aromatic rings. The molecule has 1 atom stereocenters. The Morgan fingerprint density at radius 1 is 1.23 bits per heavy atom. The number of benzene rings is 2. The molecule has 1 heterocycles. The molecule has 0 radical (unpaired) electrons. The van der Waals surface area contributed by atoms with E-state index in [1.807, 2.05) is 19.1 Å². The lowest BCUT2D eigenvalue weighted by molar-refractivity contribution is 0.0526.